The van der Waals surface area contributed by atoms with E-state index in [1.807, 2.05) is 0 Å². The summed E-state index contributed by atoms with van der Waals surface area (Å²) >= 11 is 2.10. The molecule has 104 valence electrons. The molecule has 0 aromatic heterocycles. The molecule has 19 heavy (non-hydrogen) atoms. The maximum absolute atomic E-state index is 6.54. The standard InChI is InChI=1S/C17H25NS/c18-17(12-13-8-10-19-11-9-13)16-7-2-1-6-15(16)14-4-3-5-14/h1-2,6-7,13-14,17H,3-5,8-12,18H2. The SMILES string of the molecule is NC(CC1CCSCC1)c1ccccc1C1CCC1. The topological polar surface area (TPSA) is 26.0 Å². The lowest BCUT2D eigenvalue weighted by Crippen LogP contribution is -2.21. The Kier molecular flexibility index (Phi) is 4.49. The Morgan fingerprint density at radius 3 is 2.53 bits per heavy atom. The van der Waals surface area contributed by atoms with Gasteiger partial charge in [-0.25, -0.2) is 0 Å². The van der Waals surface area contributed by atoms with Gasteiger partial charge in [0.2, 0.25) is 0 Å². The average Bonchev–Trinajstić information content (AvgIpc) is 2.38. The molecule has 1 nitrogen and oxygen atoms in total. The van der Waals surface area contributed by atoms with Crippen LogP contribution in [0.25, 0.3) is 0 Å². The van der Waals surface area contributed by atoms with Crippen molar-refractivity contribution < 1.29 is 0 Å². The van der Waals surface area contributed by atoms with Gasteiger partial charge in [-0.3, -0.25) is 0 Å². The predicted molar refractivity (Wildman–Crippen MR) is 84.6 cm³/mol. The fourth-order valence-corrected chi connectivity index (χ4v) is 4.61. The highest BCUT2D eigenvalue weighted by atomic mass is 32.2. The Balaban J connectivity index is 1.69. The predicted octanol–water partition coefficient (Wildman–Crippen LogP) is 4.49. The Hall–Kier alpha value is -0.470. The van der Waals surface area contributed by atoms with Gasteiger partial charge < -0.3 is 5.73 Å². The Bertz CT molecular complexity index is 407. The zero-order valence-electron chi connectivity index (χ0n) is 11.7. The van der Waals surface area contributed by atoms with E-state index in [1.54, 1.807) is 5.56 Å². The van der Waals surface area contributed by atoms with Crippen molar-refractivity contribution in [2.75, 3.05) is 11.5 Å². The fourth-order valence-electron chi connectivity index (χ4n) is 3.41. The second kappa shape index (κ2) is 6.32. The summed E-state index contributed by atoms with van der Waals surface area (Å²) in [5.41, 5.74) is 9.52. The van der Waals surface area contributed by atoms with Gasteiger partial charge in [0.25, 0.3) is 0 Å². The quantitative estimate of drug-likeness (QED) is 0.876. The van der Waals surface area contributed by atoms with Crippen LogP contribution in [0.2, 0.25) is 0 Å². The Morgan fingerprint density at radius 1 is 1.11 bits per heavy atom. The van der Waals surface area contributed by atoms with Gasteiger partial charge in [-0.1, -0.05) is 30.7 Å². The number of hydrogen-bond donors (Lipinski definition) is 1. The van der Waals surface area contributed by atoms with Crippen molar-refractivity contribution in [3.63, 3.8) is 0 Å². The van der Waals surface area contributed by atoms with E-state index >= 15 is 0 Å². The van der Waals surface area contributed by atoms with Crippen molar-refractivity contribution in [2.45, 2.75) is 50.5 Å². The first kappa shape index (κ1) is 13.5. The summed E-state index contributed by atoms with van der Waals surface area (Å²) in [6.07, 6.45) is 8.04. The number of nitrogens with two attached hydrogens (primary N) is 1. The van der Waals surface area contributed by atoms with Crippen molar-refractivity contribution in [1.29, 1.82) is 0 Å². The molecule has 3 rings (SSSR count). The van der Waals surface area contributed by atoms with Crippen LogP contribution < -0.4 is 5.73 Å². The van der Waals surface area contributed by atoms with Crippen LogP contribution >= 0.6 is 11.8 Å². The molecule has 1 aliphatic heterocycles. The van der Waals surface area contributed by atoms with Crippen LogP contribution in [-0.2, 0) is 0 Å². The molecule has 1 aromatic rings. The second-order valence-corrected chi connectivity index (χ2v) is 7.38. The molecular weight excluding hydrogens is 250 g/mol. The van der Waals surface area contributed by atoms with Crippen molar-refractivity contribution >= 4 is 11.8 Å². The third-order valence-corrected chi connectivity index (χ3v) is 5.92. The highest BCUT2D eigenvalue weighted by Gasteiger charge is 2.25. The van der Waals surface area contributed by atoms with Crippen molar-refractivity contribution in [2.24, 2.45) is 11.7 Å². The Morgan fingerprint density at radius 2 is 1.84 bits per heavy atom. The first-order valence-corrected chi connectivity index (χ1v) is 8.92. The minimum atomic E-state index is 0.255. The lowest BCUT2D eigenvalue weighted by Gasteiger charge is -2.31. The summed E-state index contributed by atoms with van der Waals surface area (Å²) in [6, 6.07) is 9.19. The average molecular weight is 275 g/mol. The van der Waals surface area contributed by atoms with E-state index in [9.17, 15) is 0 Å². The molecule has 2 N–H and O–H groups in total. The largest absolute Gasteiger partial charge is 0.324 e. The minimum Gasteiger partial charge on any atom is -0.324 e. The summed E-state index contributed by atoms with van der Waals surface area (Å²) in [5, 5.41) is 0. The van der Waals surface area contributed by atoms with E-state index < -0.39 is 0 Å². The fraction of sp³-hybridized carbons (Fsp3) is 0.647. The molecule has 2 heteroatoms. The van der Waals surface area contributed by atoms with E-state index in [2.05, 4.69) is 36.0 Å². The summed E-state index contributed by atoms with van der Waals surface area (Å²) in [6.45, 7) is 0. The molecule has 1 aromatic carbocycles. The van der Waals surface area contributed by atoms with Crippen LogP contribution in [0.1, 0.15) is 61.6 Å². The van der Waals surface area contributed by atoms with Gasteiger partial charge in [0.05, 0.1) is 0 Å². The number of rotatable bonds is 4. The molecule has 0 spiro atoms. The van der Waals surface area contributed by atoms with Crippen LogP contribution in [0.4, 0.5) is 0 Å². The van der Waals surface area contributed by atoms with Gasteiger partial charge in [0.1, 0.15) is 0 Å². The molecule has 1 aliphatic carbocycles. The van der Waals surface area contributed by atoms with Crippen LogP contribution in [0.5, 0.6) is 0 Å². The van der Waals surface area contributed by atoms with Gasteiger partial charge >= 0.3 is 0 Å². The van der Waals surface area contributed by atoms with E-state index in [4.69, 9.17) is 5.73 Å². The van der Waals surface area contributed by atoms with Crippen LogP contribution in [0.15, 0.2) is 24.3 Å². The number of hydrogen-bond acceptors (Lipinski definition) is 2. The lowest BCUT2D eigenvalue weighted by molar-refractivity contribution is 0.395. The van der Waals surface area contributed by atoms with Crippen LogP contribution in [0, 0.1) is 5.92 Å². The molecule has 1 saturated heterocycles. The molecule has 2 fully saturated rings. The summed E-state index contributed by atoms with van der Waals surface area (Å²) in [4.78, 5) is 0. The Labute approximate surface area is 121 Å². The van der Waals surface area contributed by atoms with E-state index in [0.717, 1.165) is 11.8 Å². The molecule has 1 atom stereocenters. The summed E-state index contributed by atoms with van der Waals surface area (Å²) < 4.78 is 0. The van der Waals surface area contributed by atoms with Gasteiger partial charge in [0.15, 0.2) is 0 Å². The number of benzene rings is 1. The van der Waals surface area contributed by atoms with Crippen molar-refractivity contribution in [1.82, 2.24) is 0 Å². The molecule has 1 saturated carbocycles. The normalized spacial score (nSPS) is 23.0. The maximum atomic E-state index is 6.54. The maximum Gasteiger partial charge on any atom is 0.0300 e. The third-order valence-electron chi connectivity index (χ3n) is 4.87. The molecule has 1 heterocycles. The molecule has 0 amide bonds. The van der Waals surface area contributed by atoms with E-state index in [0.29, 0.717) is 0 Å². The van der Waals surface area contributed by atoms with Crippen molar-refractivity contribution in [3.8, 4) is 0 Å². The van der Waals surface area contributed by atoms with Crippen LogP contribution in [0.3, 0.4) is 0 Å². The van der Waals surface area contributed by atoms with E-state index in [-0.39, 0.29) is 6.04 Å². The summed E-state index contributed by atoms with van der Waals surface area (Å²) in [7, 11) is 0. The molecule has 0 bridgehead atoms. The minimum absolute atomic E-state index is 0.255. The highest BCUT2D eigenvalue weighted by Crippen LogP contribution is 2.40. The third kappa shape index (κ3) is 3.17. The molecular formula is C17H25NS. The lowest BCUT2D eigenvalue weighted by atomic mass is 9.76. The number of thioether (sulfide) groups is 1. The van der Waals surface area contributed by atoms with Gasteiger partial charge in [-0.15, -0.1) is 0 Å². The highest BCUT2D eigenvalue weighted by molar-refractivity contribution is 7.99. The smallest absolute Gasteiger partial charge is 0.0300 e. The van der Waals surface area contributed by atoms with Crippen molar-refractivity contribution in [3.05, 3.63) is 35.4 Å². The van der Waals surface area contributed by atoms with Gasteiger partial charge in [-0.05, 0) is 66.6 Å². The van der Waals surface area contributed by atoms with E-state index in [1.165, 1.54) is 55.6 Å². The van der Waals surface area contributed by atoms with Gasteiger partial charge in [-0.2, -0.15) is 11.8 Å². The zero-order chi connectivity index (χ0) is 13.1. The van der Waals surface area contributed by atoms with Crippen LogP contribution in [-0.4, -0.2) is 11.5 Å². The monoisotopic (exact) mass is 275 g/mol. The molecule has 1 unspecified atom stereocenters. The zero-order valence-corrected chi connectivity index (χ0v) is 12.5. The first-order chi connectivity index (χ1) is 9.34. The van der Waals surface area contributed by atoms with Gasteiger partial charge in [0, 0.05) is 6.04 Å². The summed E-state index contributed by atoms with van der Waals surface area (Å²) in [5.74, 6) is 4.32. The molecule has 2 aliphatic rings. The first-order valence-electron chi connectivity index (χ1n) is 7.76. The molecule has 0 radical (unpaired) electrons. The second-order valence-electron chi connectivity index (χ2n) is 6.15.